The SMILES string of the molecule is COC(=O)c1ccc(N)c(OCc2ccnc(C#N)c2)c1. The van der Waals surface area contributed by atoms with Crippen LogP contribution in [0.3, 0.4) is 0 Å². The first-order chi connectivity index (χ1) is 10.1. The van der Waals surface area contributed by atoms with Crippen LogP contribution in [0.5, 0.6) is 5.75 Å². The van der Waals surface area contributed by atoms with E-state index in [1.54, 1.807) is 24.3 Å². The first-order valence-corrected chi connectivity index (χ1v) is 6.09. The molecule has 2 rings (SSSR count). The van der Waals surface area contributed by atoms with Gasteiger partial charge in [-0.15, -0.1) is 0 Å². The summed E-state index contributed by atoms with van der Waals surface area (Å²) in [6.07, 6.45) is 1.53. The largest absolute Gasteiger partial charge is 0.487 e. The molecule has 0 unspecified atom stereocenters. The van der Waals surface area contributed by atoms with Crippen molar-refractivity contribution in [3.05, 3.63) is 53.3 Å². The van der Waals surface area contributed by atoms with Crippen LogP contribution in [-0.4, -0.2) is 18.1 Å². The minimum atomic E-state index is -0.462. The number of carbonyl (C=O) groups is 1. The zero-order valence-corrected chi connectivity index (χ0v) is 11.4. The molecule has 106 valence electrons. The second-order valence-electron chi connectivity index (χ2n) is 4.19. The van der Waals surface area contributed by atoms with Gasteiger partial charge in [0.2, 0.25) is 0 Å². The molecule has 2 N–H and O–H groups in total. The summed E-state index contributed by atoms with van der Waals surface area (Å²) in [6, 6.07) is 9.98. The molecule has 0 bridgehead atoms. The molecule has 0 amide bonds. The van der Waals surface area contributed by atoms with Gasteiger partial charge in [0.05, 0.1) is 18.4 Å². The molecule has 1 aromatic heterocycles. The quantitative estimate of drug-likeness (QED) is 0.679. The Hall–Kier alpha value is -3.07. The van der Waals surface area contributed by atoms with Gasteiger partial charge < -0.3 is 15.2 Å². The second kappa shape index (κ2) is 6.39. The van der Waals surface area contributed by atoms with Crippen LogP contribution in [0.2, 0.25) is 0 Å². The van der Waals surface area contributed by atoms with Crippen LogP contribution in [0, 0.1) is 11.3 Å². The van der Waals surface area contributed by atoms with E-state index in [1.165, 1.54) is 19.4 Å². The van der Waals surface area contributed by atoms with E-state index in [9.17, 15) is 4.79 Å². The van der Waals surface area contributed by atoms with E-state index >= 15 is 0 Å². The van der Waals surface area contributed by atoms with Crippen LogP contribution < -0.4 is 10.5 Å². The summed E-state index contributed by atoms with van der Waals surface area (Å²) in [6.45, 7) is 0.214. The lowest BCUT2D eigenvalue weighted by atomic mass is 10.2. The zero-order chi connectivity index (χ0) is 15.2. The van der Waals surface area contributed by atoms with Crippen molar-refractivity contribution in [1.29, 1.82) is 5.26 Å². The summed E-state index contributed by atoms with van der Waals surface area (Å²) in [5, 5.41) is 8.79. The van der Waals surface area contributed by atoms with Crippen molar-refractivity contribution < 1.29 is 14.3 Å². The molecule has 0 aliphatic heterocycles. The molecule has 21 heavy (non-hydrogen) atoms. The van der Waals surface area contributed by atoms with E-state index in [2.05, 4.69) is 9.72 Å². The summed E-state index contributed by atoms with van der Waals surface area (Å²) < 4.78 is 10.2. The molecule has 0 radical (unpaired) electrons. The number of nitrogen functional groups attached to an aromatic ring is 1. The van der Waals surface area contributed by atoms with Crippen molar-refractivity contribution in [2.75, 3.05) is 12.8 Å². The van der Waals surface area contributed by atoms with Gasteiger partial charge in [0, 0.05) is 6.20 Å². The third kappa shape index (κ3) is 3.48. The number of aromatic nitrogens is 1. The monoisotopic (exact) mass is 283 g/mol. The number of anilines is 1. The van der Waals surface area contributed by atoms with Gasteiger partial charge in [-0.1, -0.05) is 0 Å². The number of esters is 1. The number of pyridine rings is 1. The van der Waals surface area contributed by atoms with Crippen molar-refractivity contribution in [2.24, 2.45) is 0 Å². The Labute approximate surface area is 121 Å². The highest BCUT2D eigenvalue weighted by Gasteiger charge is 2.09. The Morgan fingerprint density at radius 2 is 2.19 bits per heavy atom. The van der Waals surface area contributed by atoms with Crippen LogP contribution >= 0.6 is 0 Å². The van der Waals surface area contributed by atoms with Crippen LogP contribution in [0.4, 0.5) is 5.69 Å². The highest BCUT2D eigenvalue weighted by Crippen LogP contribution is 2.24. The van der Waals surface area contributed by atoms with Crippen molar-refractivity contribution in [2.45, 2.75) is 6.61 Å². The highest BCUT2D eigenvalue weighted by molar-refractivity contribution is 5.90. The Balaban J connectivity index is 2.15. The summed E-state index contributed by atoms with van der Waals surface area (Å²) >= 11 is 0. The van der Waals surface area contributed by atoms with Crippen LogP contribution in [0.25, 0.3) is 0 Å². The number of hydrogen-bond acceptors (Lipinski definition) is 6. The molecule has 0 aliphatic rings. The van der Waals surface area contributed by atoms with Crippen molar-refractivity contribution in [3.63, 3.8) is 0 Å². The molecule has 6 nitrogen and oxygen atoms in total. The van der Waals surface area contributed by atoms with E-state index in [4.69, 9.17) is 15.7 Å². The van der Waals surface area contributed by atoms with Crippen LogP contribution in [0.1, 0.15) is 21.6 Å². The van der Waals surface area contributed by atoms with Crippen molar-refractivity contribution in [3.8, 4) is 11.8 Å². The number of benzene rings is 1. The first-order valence-electron chi connectivity index (χ1n) is 6.09. The lowest BCUT2D eigenvalue weighted by molar-refractivity contribution is 0.0600. The molecular formula is C15H13N3O3. The molecule has 0 atom stereocenters. The molecule has 1 aromatic carbocycles. The summed E-state index contributed by atoms with van der Waals surface area (Å²) in [5.41, 5.74) is 7.67. The molecule has 6 heteroatoms. The van der Waals surface area contributed by atoms with Gasteiger partial charge >= 0.3 is 5.97 Å². The van der Waals surface area contributed by atoms with Crippen molar-refractivity contribution >= 4 is 11.7 Å². The van der Waals surface area contributed by atoms with Gasteiger partial charge in [-0.25, -0.2) is 9.78 Å². The average Bonchev–Trinajstić information content (AvgIpc) is 2.53. The second-order valence-corrected chi connectivity index (χ2v) is 4.19. The van der Waals surface area contributed by atoms with E-state index in [0.717, 1.165) is 5.56 Å². The van der Waals surface area contributed by atoms with E-state index in [0.29, 0.717) is 22.7 Å². The van der Waals surface area contributed by atoms with Gasteiger partial charge in [-0.3, -0.25) is 0 Å². The number of rotatable bonds is 4. The fraction of sp³-hybridized carbons (Fsp3) is 0.133. The topological polar surface area (TPSA) is 98.2 Å². The number of ether oxygens (including phenoxy) is 2. The minimum absolute atomic E-state index is 0.214. The molecule has 0 spiro atoms. The third-order valence-corrected chi connectivity index (χ3v) is 2.77. The van der Waals surface area contributed by atoms with E-state index in [-0.39, 0.29) is 6.61 Å². The standard InChI is InChI=1S/C15H13N3O3/c1-20-15(19)11-2-3-13(17)14(7-11)21-9-10-4-5-18-12(6-10)8-16/h2-7H,9,17H2,1H3. The molecule has 0 aliphatic carbocycles. The van der Waals surface area contributed by atoms with Crippen LogP contribution in [0.15, 0.2) is 36.5 Å². The Kier molecular flexibility index (Phi) is 4.36. The number of carbonyl (C=O) groups excluding carboxylic acids is 1. The maximum absolute atomic E-state index is 11.5. The number of methoxy groups -OCH3 is 1. The lowest BCUT2D eigenvalue weighted by Gasteiger charge is -2.10. The number of hydrogen-bond donors (Lipinski definition) is 1. The van der Waals surface area contributed by atoms with E-state index in [1.807, 2.05) is 6.07 Å². The van der Waals surface area contributed by atoms with Gasteiger partial charge in [-0.05, 0) is 35.9 Å². The number of nitrogens with two attached hydrogens (primary N) is 1. The average molecular weight is 283 g/mol. The smallest absolute Gasteiger partial charge is 0.337 e. The molecule has 0 saturated carbocycles. The molecule has 2 aromatic rings. The maximum Gasteiger partial charge on any atom is 0.337 e. The minimum Gasteiger partial charge on any atom is -0.487 e. The van der Waals surface area contributed by atoms with Gasteiger partial charge in [0.25, 0.3) is 0 Å². The maximum atomic E-state index is 11.5. The Bertz CT molecular complexity index is 708. The molecule has 1 heterocycles. The zero-order valence-electron chi connectivity index (χ0n) is 11.4. The summed E-state index contributed by atoms with van der Waals surface area (Å²) in [4.78, 5) is 15.3. The fourth-order valence-electron chi connectivity index (χ4n) is 1.69. The van der Waals surface area contributed by atoms with Crippen LogP contribution in [-0.2, 0) is 11.3 Å². The van der Waals surface area contributed by atoms with E-state index < -0.39 is 5.97 Å². The number of nitrogens with zero attached hydrogens (tertiary/aromatic N) is 2. The Morgan fingerprint density at radius 3 is 2.90 bits per heavy atom. The third-order valence-electron chi connectivity index (χ3n) is 2.77. The fourth-order valence-corrected chi connectivity index (χ4v) is 1.69. The summed E-state index contributed by atoms with van der Waals surface area (Å²) in [7, 11) is 1.31. The predicted molar refractivity (Wildman–Crippen MR) is 75.5 cm³/mol. The molecular weight excluding hydrogens is 270 g/mol. The van der Waals surface area contributed by atoms with Gasteiger partial charge in [0.15, 0.2) is 0 Å². The van der Waals surface area contributed by atoms with Gasteiger partial charge in [0.1, 0.15) is 24.1 Å². The Morgan fingerprint density at radius 1 is 1.38 bits per heavy atom. The molecule has 0 saturated heterocycles. The van der Waals surface area contributed by atoms with Crippen molar-refractivity contribution in [1.82, 2.24) is 4.98 Å². The molecule has 0 fully saturated rings. The summed E-state index contributed by atoms with van der Waals surface area (Å²) in [5.74, 6) is -0.0799. The normalized spacial score (nSPS) is 9.71. The highest BCUT2D eigenvalue weighted by atomic mass is 16.5. The number of nitriles is 1. The first kappa shape index (κ1) is 14.3. The predicted octanol–water partition coefficient (Wildman–Crippen LogP) is 1.90. The lowest BCUT2D eigenvalue weighted by Crippen LogP contribution is -2.04. The van der Waals surface area contributed by atoms with Gasteiger partial charge in [-0.2, -0.15) is 5.26 Å².